The van der Waals surface area contributed by atoms with E-state index in [4.69, 9.17) is 34.8 Å². The first-order valence-electron chi connectivity index (χ1n) is 3.72. The predicted octanol–water partition coefficient (Wildman–Crippen LogP) is 4.31. The van der Waals surface area contributed by atoms with Crippen LogP contribution in [-0.4, -0.2) is 8.62 Å². The Kier molecular flexibility index (Phi) is 3.83. The summed E-state index contributed by atoms with van der Waals surface area (Å²) in [7, 11) is 0. The molecule has 1 aliphatic rings. The molecule has 0 N–H and O–H groups in total. The van der Waals surface area contributed by atoms with Crippen LogP contribution in [0.25, 0.3) is 0 Å². The van der Waals surface area contributed by atoms with Crippen molar-refractivity contribution < 1.29 is 0 Å². The van der Waals surface area contributed by atoms with Gasteiger partial charge in [-0.3, -0.25) is 0 Å². The van der Waals surface area contributed by atoms with Crippen LogP contribution in [0.5, 0.6) is 0 Å². The van der Waals surface area contributed by atoms with Crippen molar-refractivity contribution >= 4 is 50.7 Å². The second kappa shape index (κ2) is 4.04. The van der Waals surface area contributed by atoms with Crippen LogP contribution in [0.1, 0.15) is 25.7 Å². The fraction of sp³-hybridized carbons (Fsp3) is 1.00. The molecule has 0 aromatic rings. The molecule has 0 aliphatic heterocycles. The number of alkyl halides is 4. The molecule has 66 valence electrons. The Morgan fingerprint density at radius 3 is 2.00 bits per heavy atom. The van der Waals surface area contributed by atoms with Gasteiger partial charge in [0.2, 0.25) is 0 Å². The highest BCUT2D eigenvalue weighted by Gasteiger charge is 2.38. The molecule has 0 heterocycles. The molecule has 0 spiro atoms. The lowest BCUT2D eigenvalue weighted by Crippen LogP contribution is -2.30. The van der Waals surface area contributed by atoms with Crippen LogP contribution in [0, 0.1) is 5.92 Å². The summed E-state index contributed by atoms with van der Waals surface area (Å²) < 4.78 is -1.09. The van der Waals surface area contributed by atoms with Gasteiger partial charge in [-0.25, -0.2) is 0 Å². The lowest BCUT2D eigenvalue weighted by Gasteiger charge is -2.32. The van der Waals surface area contributed by atoms with E-state index in [2.05, 4.69) is 15.9 Å². The van der Waals surface area contributed by atoms with Crippen molar-refractivity contribution in [3.05, 3.63) is 0 Å². The smallest absolute Gasteiger partial charge is 0.0886 e. The van der Waals surface area contributed by atoms with Crippen LogP contribution in [0.3, 0.4) is 0 Å². The average Bonchev–Trinajstić information content (AvgIpc) is 1.86. The van der Waals surface area contributed by atoms with E-state index in [0.29, 0.717) is 4.83 Å². The summed E-state index contributed by atoms with van der Waals surface area (Å²) >= 11 is 21.0. The van der Waals surface area contributed by atoms with E-state index >= 15 is 0 Å². The monoisotopic (exact) mass is 278 g/mol. The van der Waals surface area contributed by atoms with Gasteiger partial charge in [0.15, 0.2) is 3.79 Å². The summed E-state index contributed by atoms with van der Waals surface area (Å²) in [6, 6.07) is 0. The highest BCUT2D eigenvalue weighted by Crippen LogP contribution is 2.45. The Morgan fingerprint density at radius 2 is 1.64 bits per heavy atom. The SMILES string of the molecule is ClC(Cl)(Cl)C1CCCCC1Br. The number of hydrogen-bond acceptors (Lipinski definition) is 0. The summed E-state index contributed by atoms with van der Waals surface area (Å²) in [5.74, 6) is 0.182. The standard InChI is InChI=1S/C7H10BrCl3/c8-6-4-2-1-3-5(6)7(9,10)11/h5-6H,1-4H2. The second-order valence-corrected chi connectivity index (χ2v) is 6.49. The molecule has 0 nitrogen and oxygen atoms in total. The zero-order chi connectivity index (χ0) is 8.48. The van der Waals surface area contributed by atoms with Gasteiger partial charge >= 0.3 is 0 Å². The zero-order valence-electron chi connectivity index (χ0n) is 5.99. The molecule has 1 aliphatic carbocycles. The van der Waals surface area contributed by atoms with Crippen molar-refractivity contribution in [3.63, 3.8) is 0 Å². The van der Waals surface area contributed by atoms with Crippen molar-refractivity contribution in [1.29, 1.82) is 0 Å². The molecular formula is C7H10BrCl3. The van der Waals surface area contributed by atoms with Crippen molar-refractivity contribution in [3.8, 4) is 0 Å². The maximum atomic E-state index is 5.81. The van der Waals surface area contributed by atoms with Gasteiger partial charge in [0.05, 0.1) is 0 Å². The Hall–Kier alpha value is 1.35. The van der Waals surface area contributed by atoms with Crippen LogP contribution in [0.15, 0.2) is 0 Å². The third-order valence-electron chi connectivity index (χ3n) is 2.10. The van der Waals surface area contributed by atoms with E-state index in [-0.39, 0.29) is 5.92 Å². The van der Waals surface area contributed by atoms with Crippen LogP contribution in [0.4, 0.5) is 0 Å². The molecule has 1 saturated carbocycles. The fourth-order valence-corrected chi connectivity index (χ4v) is 3.68. The molecule has 2 atom stereocenters. The van der Waals surface area contributed by atoms with Crippen LogP contribution in [0.2, 0.25) is 0 Å². The first-order chi connectivity index (χ1) is 5.02. The van der Waals surface area contributed by atoms with Crippen molar-refractivity contribution in [2.45, 2.75) is 34.3 Å². The normalized spacial score (nSPS) is 33.8. The lowest BCUT2D eigenvalue weighted by molar-refractivity contribution is 0.380. The maximum Gasteiger partial charge on any atom is 0.194 e. The molecular weight excluding hydrogens is 270 g/mol. The van der Waals surface area contributed by atoms with E-state index in [1.807, 2.05) is 0 Å². The molecule has 2 unspecified atom stereocenters. The van der Waals surface area contributed by atoms with Crippen molar-refractivity contribution in [1.82, 2.24) is 0 Å². The first-order valence-corrected chi connectivity index (χ1v) is 5.77. The van der Waals surface area contributed by atoms with Crippen molar-refractivity contribution in [2.24, 2.45) is 5.92 Å². The van der Waals surface area contributed by atoms with Crippen molar-refractivity contribution in [2.75, 3.05) is 0 Å². The highest BCUT2D eigenvalue weighted by molar-refractivity contribution is 9.09. The van der Waals surface area contributed by atoms with Gasteiger partial charge in [-0.15, -0.1) is 0 Å². The van der Waals surface area contributed by atoms with Gasteiger partial charge in [-0.1, -0.05) is 63.6 Å². The van der Waals surface area contributed by atoms with E-state index < -0.39 is 3.79 Å². The summed E-state index contributed by atoms with van der Waals surface area (Å²) in [6.07, 6.45) is 4.57. The third-order valence-corrected chi connectivity index (χ3v) is 4.04. The van der Waals surface area contributed by atoms with Gasteiger partial charge in [-0.05, 0) is 12.8 Å². The van der Waals surface area contributed by atoms with E-state index in [1.165, 1.54) is 12.8 Å². The Labute approximate surface area is 90.7 Å². The Bertz CT molecular complexity index is 132. The summed E-state index contributed by atoms with van der Waals surface area (Å²) in [6.45, 7) is 0. The Balaban J connectivity index is 2.55. The lowest BCUT2D eigenvalue weighted by atomic mass is 9.90. The molecule has 0 aromatic heterocycles. The molecule has 0 bridgehead atoms. The number of rotatable bonds is 0. The minimum Gasteiger partial charge on any atom is -0.0886 e. The molecule has 1 rings (SSSR count). The zero-order valence-corrected chi connectivity index (χ0v) is 9.85. The van der Waals surface area contributed by atoms with Gasteiger partial charge in [-0.2, -0.15) is 0 Å². The van der Waals surface area contributed by atoms with Gasteiger partial charge < -0.3 is 0 Å². The first kappa shape index (κ1) is 10.4. The van der Waals surface area contributed by atoms with E-state index in [9.17, 15) is 0 Å². The summed E-state index contributed by atoms with van der Waals surface area (Å²) in [5.41, 5.74) is 0. The van der Waals surface area contributed by atoms with Crippen LogP contribution < -0.4 is 0 Å². The largest absolute Gasteiger partial charge is 0.194 e. The van der Waals surface area contributed by atoms with Crippen LogP contribution >= 0.6 is 50.7 Å². The topological polar surface area (TPSA) is 0 Å². The minimum atomic E-state index is -1.09. The number of hydrogen-bond donors (Lipinski definition) is 0. The summed E-state index contributed by atoms with van der Waals surface area (Å²) in [5, 5.41) is 0. The molecule has 0 radical (unpaired) electrons. The minimum absolute atomic E-state index is 0.182. The van der Waals surface area contributed by atoms with Crippen LogP contribution in [-0.2, 0) is 0 Å². The Morgan fingerprint density at radius 1 is 1.09 bits per heavy atom. The summed E-state index contributed by atoms with van der Waals surface area (Å²) in [4.78, 5) is 0.378. The van der Waals surface area contributed by atoms with E-state index in [0.717, 1.165) is 12.8 Å². The highest BCUT2D eigenvalue weighted by atomic mass is 79.9. The average molecular weight is 280 g/mol. The molecule has 4 heteroatoms. The molecule has 11 heavy (non-hydrogen) atoms. The molecule has 0 amide bonds. The van der Waals surface area contributed by atoms with Gasteiger partial charge in [0.25, 0.3) is 0 Å². The second-order valence-electron chi connectivity index (χ2n) is 2.95. The fourth-order valence-electron chi connectivity index (χ4n) is 1.45. The predicted molar refractivity (Wildman–Crippen MR) is 55.0 cm³/mol. The molecule has 0 saturated heterocycles. The maximum absolute atomic E-state index is 5.81. The van der Waals surface area contributed by atoms with E-state index in [1.54, 1.807) is 0 Å². The van der Waals surface area contributed by atoms with Gasteiger partial charge in [0, 0.05) is 10.7 Å². The molecule has 1 fully saturated rings. The quantitative estimate of drug-likeness (QED) is 0.580. The molecule has 0 aromatic carbocycles. The van der Waals surface area contributed by atoms with Gasteiger partial charge in [0.1, 0.15) is 0 Å². The number of halogens is 4. The third kappa shape index (κ3) is 2.95.